The highest BCUT2D eigenvalue weighted by Crippen LogP contribution is 2.19. The third-order valence-corrected chi connectivity index (χ3v) is 5.91. The highest BCUT2D eigenvalue weighted by molar-refractivity contribution is 7.88. The lowest BCUT2D eigenvalue weighted by atomic mass is 10.0. The van der Waals surface area contributed by atoms with Gasteiger partial charge in [-0.1, -0.05) is 42.5 Å². The quantitative estimate of drug-likeness (QED) is 0.542. The molecule has 9 heteroatoms. The van der Waals surface area contributed by atoms with Crippen LogP contribution < -0.4 is 11.1 Å². The molecule has 166 valence electrons. The fraction of sp³-hybridized carbons (Fsp3) is 0.174. The molecule has 1 heterocycles. The van der Waals surface area contributed by atoms with E-state index in [4.69, 9.17) is 5.73 Å². The maximum absolute atomic E-state index is 12.8. The van der Waals surface area contributed by atoms with Crippen molar-refractivity contribution in [3.8, 4) is 0 Å². The molecule has 0 aliphatic carbocycles. The molecule has 2 aromatic carbocycles. The zero-order valence-electron chi connectivity index (χ0n) is 17.5. The maximum Gasteiger partial charge on any atom is 0.255 e. The summed E-state index contributed by atoms with van der Waals surface area (Å²) in [7, 11) is -3.77. The van der Waals surface area contributed by atoms with Gasteiger partial charge in [0.25, 0.3) is 5.91 Å². The van der Waals surface area contributed by atoms with E-state index in [-0.39, 0.29) is 18.9 Å². The minimum atomic E-state index is -3.77. The molecule has 2 amide bonds. The van der Waals surface area contributed by atoms with E-state index in [2.05, 4.69) is 10.3 Å². The van der Waals surface area contributed by atoms with Crippen molar-refractivity contribution in [2.24, 2.45) is 5.73 Å². The molecule has 32 heavy (non-hydrogen) atoms. The first-order valence-electron chi connectivity index (χ1n) is 9.85. The summed E-state index contributed by atoms with van der Waals surface area (Å²) in [4.78, 5) is 29.0. The van der Waals surface area contributed by atoms with Crippen molar-refractivity contribution in [2.75, 3.05) is 11.6 Å². The summed E-state index contributed by atoms with van der Waals surface area (Å²) >= 11 is 0. The average molecular weight is 453 g/mol. The Kier molecular flexibility index (Phi) is 7.34. The number of hydrogen-bond acceptors (Lipinski definition) is 6. The molecule has 0 aliphatic rings. The van der Waals surface area contributed by atoms with Crippen molar-refractivity contribution in [3.63, 3.8) is 0 Å². The fourth-order valence-corrected chi connectivity index (χ4v) is 3.90. The number of anilines is 1. The van der Waals surface area contributed by atoms with Crippen LogP contribution in [0.15, 0.2) is 79.1 Å². The lowest BCUT2D eigenvalue weighted by Gasteiger charge is -2.22. The SMILES string of the molecule is CS(=O)(=O)N(Cc1ccccc1)C(=O)CC(N)c1ccc(C(=O)Nc2ccncc2)cc1. The van der Waals surface area contributed by atoms with Gasteiger partial charge in [-0.05, 0) is 35.4 Å². The van der Waals surface area contributed by atoms with Gasteiger partial charge in [0, 0.05) is 36.1 Å². The van der Waals surface area contributed by atoms with Crippen LogP contribution in [0.25, 0.3) is 0 Å². The summed E-state index contributed by atoms with van der Waals surface area (Å²) in [6.45, 7) is -0.0562. The highest BCUT2D eigenvalue weighted by Gasteiger charge is 2.25. The van der Waals surface area contributed by atoms with E-state index in [1.807, 2.05) is 6.07 Å². The maximum atomic E-state index is 12.8. The van der Waals surface area contributed by atoms with E-state index in [1.165, 1.54) is 0 Å². The smallest absolute Gasteiger partial charge is 0.255 e. The second-order valence-electron chi connectivity index (χ2n) is 7.27. The van der Waals surface area contributed by atoms with E-state index < -0.39 is 22.0 Å². The molecule has 0 spiro atoms. The normalized spacial score (nSPS) is 12.1. The molecule has 3 aromatic rings. The zero-order chi connectivity index (χ0) is 23.1. The molecule has 0 saturated heterocycles. The van der Waals surface area contributed by atoms with Gasteiger partial charge < -0.3 is 11.1 Å². The molecule has 1 aromatic heterocycles. The van der Waals surface area contributed by atoms with Gasteiger partial charge in [0.1, 0.15) is 0 Å². The minimum absolute atomic E-state index is 0.0562. The van der Waals surface area contributed by atoms with Crippen LogP contribution in [0.3, 0.4) is 0 Å². The molecular formula is C23H24N4O4S. The molecule has 3 rings (SSSR count). The van der Waals surface area contributed by atoms with Crippen molar-refractivity contribution in [1.82, 2.24) is 9.29 Å². The van der Waals surface area contributed by atoms with Crippen LogP contribution in [0.4, 0.5) is 5.69 Å². The predicted molar refractivity (Wildman–Crippen MR) is 122 cm³/mol. The van der Waals surface area contributed by atoms with Crippen molar-refractivity contribution in [1.29, 1.82) is 0 Å². The van der Waals surface area contributed by atoms with E-state index in [1.54, 1.807) is 73.1 Å². The minimum Gasteiger partial charge on any atom is -0.324 e. The van der Waals surface area contributed by atoms with Crippen LogP contribution in [0, 0.1) is 0 Å². The first kappa shape index (κ1) is 23.1. The molecule has 1 unspecified atom stereocenters. The second kappa shape index (κ2) is 10.2. The van der Waals surface area contributed by atoms with Crippen molar-refractivity contribution in [3.05, 3.63) is 95.8 Å². The van der Waals surface area contributed by atoms with Gasteiger partial charge in [-0.2, -0.15) is 0 Å². The van der Waals surface area contributed by atoms with E-state index in [9.17, 15) is 18.0 Å². The van der Waals surface area contributed by atoms with E-state index in [0.717, 1.165) is 10.6 Å². The third kappa shape index (κ3) is 6.22. The van der Waals surface area contributed by atoms with Gasteiger partial charge in [0.15, 0.2) is 0 Å². The zero-order valence-corrected chi connectivity index (χ0v) is 18.3. The molecule has 0 radical (unpaired) electrons. The number of benzene rings is 2. The number of amides is 2. The number of pyridine rings is 1. The van der Waals surface area contributed by atoms with Crippen LogP contribution in [0.2, 0.25) is 0 Å². The number of hydrogen-bond donors (Lipinski definition) is 2. The number of nitrogens with one attached hydrogen (secondary N) is 1. The summed E-state index contributed by atoms with van der Waals surface area (Å²) in [5, 5.41) is 2.76. The first-order chi connectivity index (χ1) is 15.2. The van der Waals surface area contributed by atoms with Crippen molar-refractivity contribution >= 4 is 27.5 Å². The van der Waals surface area contributed by atoms with E-state index >= 15 is 0 Å². The Morgan fingerprint density at radius 3 is 2.22 bits per heavy atom. The standard InChI is InChI=1S/C23H24N4O4S/c1-32(30,31)27(16-17-5-3-2-4-6-17)22(28)15-21(24)18-7-9-19(10-8-18)23(29)26-20-11-13-25-14-12-20/h2-14,21H,15-16,24H2,1H3,(H,25,26,29). The topological polar surface area (TPSA) is 122 Å². The van der Waals surface area contributed by atoms with Gasteiger partial charge >= 0.3 is 0 Å². The predicted octanol–water partition coefficient (Wildman–Crippen LogP) is 2.71. The Hall–Kier alpha value is -3.56. The third-order valence-electron chi connectivity index (χ3n) is 4.78. The lowest BCUT2D eigenvalue weighted by Crippen LogP contribution is -2.37. The monoisotopic (exact) mass is 452 g/mol. The van der Waals surface area contributed by atoms with Gasteiger partial charge in [-0.25, -0.2) is 12.7 Å². The summed E-state index contributed by atoms with van der Waals surface area (Å²) in [5.41, 5.74) is 8.53. The summed E-state index contributed by atoms with van der Waals surface area (Å²) < 4.78 is 25.2. The molecule has 3 N–H and O–H groups in total. The number of rotatable bonds is 8. The number of aromatic nitrogens is 1. The fourth-order valence-electron chi connectivity index (χ4n) is 3.07. The molecule has 0 fully saturated rings. The Balaban J connectivity index is 1.66. The number of carbonyl (C=O) groups is 2. The van der Waals surface area contributed by atoms with Crippen LogP contribution in [0.1, 0.15) is 33.9 Å². The number of carbonyl (C=O) groups excluding carboxylic acids is 2. The molecule has 1 atom stereocenters. The summed E-state index contributed by atoms with van der Waals surface area (Å²) in [6, 6.07) is 18.0. The molecule has 8 nitrogen and oxygen atoms in total. The Labute approximate surface area is 187 Å². The van der Waals surface area contributed by atoms with Crippen molar-refractivity contribution in [2.45, 2.75) is 19.0 Å². The molecule has 0 saturated carbocycles. The molecule has 0 bridgehead atoms. The van der Waals surface area contributed by atoms with Crippen LogP contribution >= 0.6 is 0 Å². The van der Waals surface area contributed by atoms with Crippen LogP contribution in [-0.4, -0.2) is 35.8 Å². The Morgan fingerprint density at radius 1 is 1.00 bits per heavy atom. The average Bonchev–Trinajstić information content (AvgIpc) is 2.78. The lowest BCUT2D eigenvalue weighted by molar-refractivity contribution is -0.127. The van der Waals surface area contributed by atoms with Gasteiger partial charge in [-0.3, -0.25) is 14.6 Å². The number of nitrogens with zero attached hydrogens (tertiary/aromatic N) is 2. The summed E-state index contributed by atoms with van der Waals surface area (Å²) in [6.07, 6.45) is 3.96. The van der Waals surface area contributed by atoms with Gasteiger partial charge in [0.05, 0.1) is 12.8 Å². The second-order valence-corrected chi connectivity index (χ2v) is 9.18. The van der Waals surface area contributed by atoms with Crippen LogP contribution in [0.5, 0.6) is 0 Å². The summed E-state index contributed by atoms with van der Waals surface area (Å²) in [5.74, 6) is -0.887. The molecular weight excluding hydrogens is 428 g/mol. The van der Waals surface area contributed by atoms with Gasteiger partial charge in [-0.15, -0.1) is 0 Å². The molecule has 0 aliphatic heterocycles. The van der Waals surface area contributed by atoms with E-state index in [0.29, 0.717) is 22.4 Å². The largest absolute Gasteiger partial charge is 0.324 e. The Morgan fingerprint density at radius 2 is 1.62 bits per heavy atom. The number of sulfonamides is 1. The van der Waals surface area contributed by atoms with Crippen molar-refractivity contribution < 1.29 is 18.0 Å². The number of nitrogens with two attached hydrogens (primary N) is 1. The Bertz CT molecular complexity index is 1170. The first-order valence-corrected chi connectivity index (χ1v) is 11.7. The highest BCUT2D eigenvalue weighted by atomic mass is 32.2. The van der Waals surface area contributed by atoms with Crippen LogP contribution in [-0.2, 0) is 21.4 Å². The van der Waals surface area contributed by atoms with Gasteiger partial charge in [0.2, 0.25) is 15.9 Å².